The van der Waals surface area contributed by atoms with E-state index in [-0.39, 0.29) is 0 Å². The fourth-order valence-electron chi connectivity index (χ4n) is 0.577. The van der Waals surface area contributed by atoms with Crippen molar-refractivity contribution < 1.29 is 0 Å². The fourth-order valence-corrected chi connectivity index (χ4v) is 0.577. The van der Waals surface area contributed by atoms with E-state index in [1.165, 1.54) is 12.8 Å². The van der Waals surface area contributed by atoms with Gasteiger partial charge < -0.3 is 0 Å². The Hall–Kier alpha value is 0. The minimum Gasteiger partial charge on any atom is -0.0683 e. The zero-order valence-corrected chi connectivity index (χ0v) is 14.6. The van der Waals surface area contributed by atoms with Crippen LogP contribution in [-0.4, -0.2) is 0 Å². The number of hydrogen-bond donors (Lipinski definition) is 0. The quantitative estimate of drug-likeness (QED) is 0.474. The molecule has 0 heterocycles. The van der Waals surface area contributed by atoms with E-state index in [1.807, 2.05) is 41.5 Å². The third-order valence-corrected chi connectivity index (χ3v) is 0.866. The summed E-state index contributed by atoms with van der Waals surface area (Å²) in [6, 6.07) is 0. The minimum atomic E-state index is 0.833. The van der Waals surface area contributed by atoms with E-state index < -0.39 is 0 Å². The topological polar surface area (TPSA) is 0 Å². The van der Waals surface area contributed by atoms with Crippen molar-refractivity contribution in [3.05, 3.63) is 0 Å². The number of rotatable bonds is 2. The van der Waals surface area contributed by atoms with Gasteiger partial charge in [-0.3, -0.25) is 0 Å². The molecule has 0 N–H and O–H groups in total. The lowest BCUT2D eigenvalue weighted by molar-refractivity contribution is 0.576. The van der Waals surface area contributed by atoms with Crippen LogP contribution in [0.1, 0.15) is 95.9 Å². The first kappa shape index (κ1) is 29.8. The Labute approximate surface area is 108 Å². The summed E-state index contributed by atoms with van der Waals surface area (Å²) in [6.45, 7) is 25.2. The zero-order chi connectivity index (χ0) is 14.6. The second-order valence-electron chi connectivity index (χ2n) is 3.91. The van der Waals surface area contributed by atoms with Crippen LogP contribution in [0, 0.1) is 11.8 Å². The Morgan fingerprint density at radius 1 is 0.625 bits per heavy atom. The van der Waals surface area contributed by atoms with Gasteiger partial charge in [0.1, 0.15) is 0 Å². The van der Waals surface area contributed by atoms with Gasteiger partial charge in [0, 0.05) is 0 Å². The van der Waals surface area contributed by atoms with Crippen molar-refractivity contribution in [2.45, 2.75) is 95.9 Å². The van der Waals surface area contributed by atoms with Crippen LogP contribution < -0.4 is 0 Å². The molecule has 0 rings (SSSR count). The third-order valence-electron chi connectivity index (χ3n) is 0.866. The predicted octanol–water partition coefficient (Wildman–Crippen LogP) is 7.18. The van der Waals surface area contributed by atoms with Gasteiger partial charge in [-0.2, -0.15) is 0 Å². The SMILES string of the molecule is CC.CC.CC.CC(C)C.CCCC(C)C. The van der Waals surface area contributed by atoms with Crippen molar-refractivity contribution >= 4 is 0 Å². The Morgan fingerprint density at radius 2 is 0.812 bits per heavy atom. The van der Waals surface area contributed by atoms with Crippen molar-refractivity contribution in [3.8, 4) is 0 Å². The van der Waals surface area contributed by atoms with E-state index in [4.69, 9.17) is 0 Å². The summed E-state index contributed by atoms with van der Waals surface area (Å²) in [4.78, 5) is 0. The van der Waals surface area contributed by atoms with Crippen LogP contribution >= 0.6 is 0 Å². The maximum Gasteiger partial charge on any atom is -0.0471 e. The van der Waals surface area contributed by atoms with E-state index in [0.717, 1.165) is 11.8 Å². The van der Waals surface area contributed by atoms with Gasteiger partial charge in [-0.25, -0.2) is 0 Å². The first-order valence-electron chi connectivity index (χ1n) is 7.50. The van der Waals surface area contributed by atoms with E-state index in [2.05, 4.69) is 41.5 Å². The summed E-state index contributed by atoms with van der Waals surface area (Å²) >= 11 is 0. The molecular formula is C16H42. The summed E-state index contributed by atoms with van der Waals surface area (Å²) < 4.78 is 0. The van der Waals surface area contributed by atoms with Gasteiger partial charge in [0.05, 0.1) is 0 Å². The van der Waals surface area contributed by atoms with Crippen LogP contribution in [0.2, 0.25) is 0 Å². The monoisotopic (exact) mass is 234 g/mol. The van der Waals surface area contributed by atoms with Crippen LogP contribution in [0.3, 0.4) is 0 Å². The Balaban J connectivity index is -0.0000000354. The lowest BCUT2D eigenvalue weighted by atomic mass is 10.1. The van der Waals surface area contributed by atoms with Gasteiger partial charge in [0.2, 0.25) is 0 Å². The molecule has 0 aliphatic rings. The summed E-state index contributed by atoms with van der Waals surface area (Å²) in [5, 5.41) is 0. The van der Waals surface area contributed by atoms with E-state index in [0.29, 0.717) is 0 Å². The van der Waals surface area contributed by atoms with Gasteiger partial charge >= 0.3 is 0 Å². The average molecular weight is 235 g/mol. The smallest absolute Gasteiger partial charge is 0.0471 e. The van der Waals surface area contributed by atoms with Crippen molar-refractivity contribution in [2.75, 3.05) is 0 Å². The Bertz CT molecular complexity index is 41.2. The predicted molar refractivity (Wildman–Crippen MR) is 84.3 cm³/mol. The molecule has 0 radical (unpaired) electrons. The maximum atomic E-state index is 2.25. The molecule has 0 amide bonds. The highest BCUT2D eigenvalue weighted by Crippen LogP contribution is 2.00. The molecule has 106 valence electrons. The molecule has 0 aromatic heterocycles. The molecule has 0 bridgehead atoms. The first-order valence-corrected chi connectivity index (χ1v) is 7.50. The van der Waals surface area contributed by atoms with Crippen LogP contribution in [0.15, 0.2) is 0 Å². The van der Waals surface area contributed by atoms with Crippen LogP contribution in [0.5, 0.6) is 0 Å². The highest BCUT2D eigenvalue weighted by Gasteiger charge is 1.85. The lowest BCUT2D eigenvalue weighted by Gasteiger charge is -1.95. The van der Waals surface area contributed by atoms with Crippen molar-refractivity contribution in [2.24, 2.45) is 11.8 Å². The van der Waals surface area contributed by atoms with Crippen LogP contribution in [-0.2, 0) is 0 Å². The van der Waals surface area contributed by atoms with Crippen LogP contribution in [0.25, 0.3) is 0 Å². The summed E-state index contributed by atoms with van der Waals surface area (Å²) in [7, 11) is 0. The fraction of sp³-hybridized carbons (Fsp3) is 1.00. The standard InChI is InChI=1S/C6H14.C4H10.3C2H6/c1-4-5-6(2)3;1-4(2)3;3*1-2/h6H,4-5H2,1-3H3;4H,1-3H3;3*1-2H3. The van der Waals surface area contributed by atoms with Crippen molar-refractivity contribution in [1.29, 1.82) is 0 Å². The molecule has 0 nitrogen and oxygen atoms in total. The Kier molecular flexibility index (Phi) is 85.4. The van der Waals surface area contributed by atoms with Crippen molar-refractivity contribution in [3.63, 3.8) is 0 Å². The highest BCUT2D eigenvalue weighted by molar-refractivity contribution is 4.38. The molecule has 0 fully saturated rings. The zero-order valence-electron chi connectivity index (χ0n) is 14.6. The van der Waals surface area contributed by atoms with Gasteiger partial charge in [-0.05, 0) is 11.8 Å². The molecule has 0 saturated carbocycles. The normalized spacial score (nSPS) is 7.12. The molecule has 0 saturated heterocycles. The summed E-state index contributed by atoms with van der Waals surface area (Å²) in [6.07, 6.45) is 2.71. The second kappa shape index (κ2) is 45.9. The minimum absolute atomic E-state index is 0.833. The van der Waals surface area contributed by atoms with E-state index in [9.17, 15) is 0 Å². The van der Waals surface area contributed by atoms with Gasteiger partial charge in [0.15, 0.2) is 0 Å². The molecule has 0 aliphatic heterocycles. The maximum absolute atomic E-state index is 2.25. The first-order chi connectivity index (χ1) is 7.50. The molecular weight excluding hydrogens is 192 g/mol. The molecule has 0 atom stereocenters. The molecule has 0 aromatic rings. The second-order valence-corrected chi connectivity index (χ2v) is 3.91. The largest absolute Gasteiger partial charge is 0.0683 e. The molecule has 16 heavy (non-hydrogen) atoms. The Morgan fingerprint density at radius 3 is 0.812 bits per heavy atom. The number of hydrogen-bond acceptors (Lipinski definition) is 0. The average Bonchev–Trinajstić information content (AvgIpc) is 2.25. The summed E-state index contributed by atoms with van der Waals surface area (Å²) in [5.41, 5.74) is 0. The van der Waals surface area contributed by atoms with E-state index >= 15 is 0 Å². The van der Waals surface area contributed by atoms with E-state index in [1.54, 1.807) is 0 Å². The van der Waals surface area contributed by atoms with Crippen molar-refractivity contribution in [1.82, 2.24) is 0 Å². The van der Waals surface area contributed by atoms with Gasteiger partial charge in [0.25, 0.3) is 0 Å². The molecule has 0 aromatic carbocycles. The summed E-state index contributed by atoms with van der Waals surface area (Å²) in [5.74, 6) is 1.73. The molecule has 0 heteroatoms. The third kappa shape index (κ3) is 263. The molecule has 0 spiro atoms. The van der Waals surface area contributed by atoms with Crippen LogP contribution in [0.4, 0.5) is 0 Å². The molecule has 0 aliphatic carbocycles. The lowest BCUT2D eigenvalue weighted by Crippen LogP contribution is -1.81. The van der Waals surface area contributed by atoms with Gasteiger partial charge in [-0.1, -0.05) is 95.9 Å². The van der Waals surface area contributed by atoms with Gasteiger partial charge in [-0.15, -0.1) is 0 Å². The highest BCUT2D eigenvalue weighted by atomic mass is 13.9. The molecule has 0 unspecified atom stereocenters.